The van der Waals surface area contributed by atoms with Gasteiger partial charge in [0.1, 0.15) is 0 Å². The lowest BCUT2D eigenvalue weighted by Gasteiger charge is -2.28. The normalized spacial score (nSPS) is 13.1. The van der Waals surface area contributed by atoms with Crippen molar-refractivity contribution in [2.45, 2.75) is 18.7 Å². The van der Waals surface area contributed by atoms with Crippen LogP contribution in [-0.4, -0.2) is 34.9 Å². The third-order valence-electron chi connectivity index (χ3n) is 3.80. The molecule has 29 heavy (non-hydrogen) atoms. The lowest BCUT2D eigenvalue weighted by molar-refractivity contribution is -0.267. The highest BCUT2D eigenvalue weighted by atomic mass is 32.1. The summed E-state index contributed by atoms with van der Waals surface area (Å²) < 4.78 is 44.4. The summed E-state index contributed by atoms with van der Waals surface area (Å²) in [5.41, 5.74) is -3.91. The van der Waals surface area contributed by atoms with E-state index < -0.39 is 29.2 Å². The molecule has 0 heterocycles. The molecule has 0 aliphatic carbocycles. The molecule has 0 radical (unpaired) electrons. The fraction of sp³-hybridized carbons (Fsp3) is 0.211. The van der Waals surface area contributed by atoms with Crippen molar-refractivity contribution in [3.63, 3.8) is 0 Å². The first kappa shape index (κ1) is 22.3. The fourth-order valence-corrected chi connectivity index (χ4v) is 2.57. The molecule has 10 heteroatoms. The molecule has 0 spiro atoms. The summed E-state index contributed by atoms with van der Waals surface area (Å²) in [7, 11) is 0. The van der Waals surface area contributed by atoms with Crippen molar-refractivity contribution < 1.29 is 32.6 Å². The summed E-state index contributed by atoms with van der Waals surface area (Å²) in [6, 6.07) is 12.4. The number of esters is 1. The van der Waals surface area contributed by atoms with Gasteiger partial charge in [0.25, 0.3) is 11.5 Å². The highest BCUT2D eigenvalue weighted by molar-refractivity contribution is 7.80. The maximum Gasteiger partial charge on any atom is 0.432 e. The zero-order valence-electron chi connectivity index (χ0n) is 15.1. The number of carbonyl (C=O) groups is 2. The summed E-state index contributed by atoms with van der Waals surface area (Å²) in [5.74, 6) is -2.28. The number of rotatable bonds is 5. The number of hydrogen-bond donors (Lipinski definition) is 3. The van der Waals surface area contributed by atoms with Crippen LogP contribution in [0, 0.1) is 0 Å². The number of ether oxygens (including phenoxy) is 1. The number of carbonyl (C=O) groups excluding carboxylic acids is 2. The molecule has 1 atom stereocenters. The Morgan fingerprint density at radius 1 is 1.07 bits per heavy atom. The van der Waals surface area contributed by atoms with E-state index >= 15 is 0 Å². The van der Waals surface area contributed by atoms with E-state index in [1.807, 2.05) is 0 Å². The van der Waals surface area contributed by atoms with Crippen LogP contribution in [0.15, 0.2) is 54.6 Å². The van der Waals surface area contributed by atoms with Gasteiger partial charge < -0.3 is 15.2 Å². The molecule has 0 aromatic heterocycles. The number of amides is 1. The molecular formula is C19H17F3N2O4S. The van der Waals surface area contributed by atoms with Gasteiger partial charge in [-0.25, -0.2) is 4.79 Å². The number of aliphatic hydroxyl groups is 1. The molecule has 3 N–H and O–H groups in total. The number of hydrogen-bond acceptors (Lipinski definition) is 5. The molecule has 0 saturated carbocycles. The van der Waals surface area contributed by atoms with Crippen LogP contribution in [0.2, 0.25) is 0 Å². The van der Waals surface area contributed by atoms with E-state index in [-0.39, 0.29) is 17.4 Å². The Hall–Kier alpha value is -2.98. The van der Waals surface area contributed by atoms with Crippen molar-refractivity contribution in [1.29, 1.82) is 0 Å². The standard InChI is InChI=1S/C19H17F3N2O4S/c1-2-28-16(26)18(27,19(20,21)22)13-8-10-14(11-9-13)23-17(29)24-15(25)12-6-4-3-5-7-12/h3-11,27H,2H2,1H3,(H2,23,24,25,29). The van der Waals surface area contributed by atoms with Gasteiger partial charge in [0.05, 0.1) is 6.61 Å². The Kier molecular flexibility index (Phi) is 6.93. The van der Waals surface area contributed by atoms with Gasteiger partial charge in [-0.2, -0.15) is 13.2 Å². The molecule has 1 unspecified atom stereocenters. The first-order valence-electron chi connectivity index (χ1n) is 8.33. The van der Waals surface area contributed by atoms with Gasteiger partial charge in [0.15, 0.2) is 5.11 Å². The van der Waals surface area contributed by atoms with Crippen molar-refractivity contribution in [1.82, 2.24) is 5.32 Å². The Bertz CT molecular complexity index is 889. The minimum atomic E-state index is -5.28. The maximum atomic E-state index is 13.3. The lowest BCUT2D eigenvalue weighted by atomic mass is 9.93. The van der Waals surface area contributed by atoms with Crippen molar-refractivity contribution in [2.24, 2.45) is 0 Å². The quantitative estimate of drug-likeness (QED) is 0.503. The SMILES string of the molecule is CCOC(=O)C(O)(c1ccc(NC(=S)NC(=O)c2ccccc2)cc1)C(F)(F)F. The lowest BCUT2D eigenvalue weighted by Crippen LogP contribution is -2.50. The second-order valence-corrected chi connectivity index (χ2v) is 6.19. The van der Waals surface area contributed by atoms with Crippen LogP contribution < -0.4 is 10.6 Å². The van der Waals surface area contributed by atoms with E-state index in [1.165, 1.54) is 19.1 Å². The Morgan fingerprint density at radius 2 is 1.66 bits per heavy atom. The Balaban J connectivity index is 2.13. The molecule has 6 nitrogen and oxygen atoms in total. The second-order valence-electron chi connectivity index (χ2n) is 5.78. The predicted octanol–water partition coefficient (Wildman–Crippen LogP) is 3.13. The zero-order chi connectivity index (χ0) is 21.7. The molecule has 1 amide bonds. The van der Waals surface area contributed by atoms with Crippen LogP contribution in [0.3, 0.4) is 0 Å². The number of anilines is 1. The topological polar surface area (TPSA) is 87.7 Å². The number of alkyl halides is 3. The maximum absolute atomic E-state index is 13.3. The molecule has 2 rings (SSSR count). The minimum Gasteiger partial charge on any atom is -0.463 e. The van der Waals surface area contributed by atoms with E-state index in [9.17, 15) is 27.9 Å². The number of nitrogens with one attached hydrogen (secondary N) is 2. The average Bonchev–Trinajstić information content (AvgIpc) is 2.67. The molecular weight excluding hydrogens is 409 g/mol. The van der Waals surface area contributed by atoms with Crippen LogP contribution in [-0.2, 0) is 15.1 Å². The second kappa shape index (κ2) is 9.01. The van der Waals surface area contributed by atoms with E-state index in [0.717, 1.165) is 12.1 Å². The van der Waals surface area contributed by atoms with Crippen LogP contribution >= 0.6 is 12.2 Å². The van der Waals surface area contributed by atoms with Crippen molar-refractivity contribution in [3.8, 4) is 0 Å². The molecule has 2 aromatic carbocycles. The van der Waals surface area contributed by atoms with Gasteiger partial charge in [-0.15, -0.1) is 0 Å². The van der Waals surface area contributed by atoms with E-state index in [0.29, 0.717) is 5.56 Å². The smallest absolute Gasteiger partial charge is 0.432 e. The Labute approximate surface area is 169 Å². The number of halogens is 3. The molecule has 0 fully saturated rings. The van der Waals surface area contributed by atoms with Gasteiger partial charge in [0, 0.05) is 16.8 Å². The number of thiocarbonyl (C=S) groups is 1. The van der Waals surface area contributed by atoms with Gasteiger partial charge in [0.2, 0.25) is 0 Å². The molecule has 0 bridgehead atoms. The fourth-order valence-electron chi connectivity index (χ4n) is 2.35. The number of benzene rings is 2. The predicted molar refractivity (Wildman–Crippen MR) is 103 cm³/mol. The summed E-state index contributed by atoms with van der Waals surface area (Å²) in [6.07, 6.45) is -5.28. The van der Waals surface area contributed by atoms with Crippen LogP contribution in [0.25, 0.3) is 0 Å². The molecule has 2 aromatic rings. The van der Waals surface area contributed by atoms with Crippen LogP contribution in [0.4, 0.5) is 18.9 Å². The van der Waals surface area contributed by atoms with Crippen molar-refractivity contribution in [2.75, 3.05) is 11.9 Å². The minimum absolute atomic E-state index is 0.0805. The van der Waals surface area contributed by atoms with E-state index in [4.69, 9.17) is 12.2 Å². The zero-order valence-corrected chi connectivity index (χ0v) is 15.9. The van der Waals surface area contributed by atoms with Crippen molar-refractivity contribution in [3.05, 3.63) is 65.7 Å². The van der Waals surface area contributed by atoms with Crippen LogP contribution in [0.1, 0.15) is 22.8 Å². The molecule has 0 saturated heterocycles. The third kappa shape index (κ3) is 5.09. The summed E-state index contributed by atoms with van der Waals surface area (Å²) in [5, 5.41) is 15.0. The third-order valence-corrected chi connectivity index (χ3v) is 4.01. The van der Waals surface area contributed by atoms with E-state index in [2.05, 4.69) is 15.4 Å². The summed E-state index contributed by atoms with van der Waals surface area (Å²) >= 11 is 5.01. The molecule has 154 valence electrons. The summed E-state index contributed by atoms with van der Waals surface area (Å²) in [6.45, 7) is 0.999. The highest BCUT2D eigenvalue weighted by Gasteiger charge is 2.62. The van der Waals surface area contributed by atoms with E-state index in [1.54, 1.807) is 30.3 Å². The summed E-state index contributed by atoms with van der Waals surface area (Å²) in [4.78, 5) is 23.8. The van der Waals surface area contributed by atoms with Gasteiger partial charge in [-0.1, -0.05) is 30.3 Å². The van der Waals surface area contributed by atoms with Gasteiger partial charge in [-0.3, -0.25) is 10.1 Å². The van der Waals surface area contributed by atoms with Gasteiger partial charge in [-0.05, 0) is 43.4 Å². The van der Waals surface area contributed by atoms with Gasteiger partial charge >= 0.3 is 12.1 Å². The average molecular weight is 426 g/mol. The largest absolute Gasteiger partial charge is 0.463 e. The van der Waals surface area contributed by atoms with Crippen molar-refractivity contribution >= 4 is 34.9 Å². The Morgan fingerprint density at radius 3 is 2.17 bits per heavy atom. The molecule has 0 aliphatic rings. The molecule has 0 aliphatic heterocycles. The first-order chi connectivity index (χ1) is 13.6. The first-order valence-corrected chi connectivity index (χ1v) is 8.74. The highest BCUT2D eigenvalue weighted by Crippen LogP contribution is 2.40. The van der Waals surface area contributed by atoms with Crippen LogP contribution in [0.5, 0.6) is 0 Å². The monoisotopic (exact) mass is 426 g/mol.